The van der Waals surface area contributed by atoms with Crippen molar-refractivity contribution in [3.63, 3.8) is 0 Å². The number of morpholine rings is 1. The summed E-state index contributed by atoms with van der Waals surface area (Å²) in [4.78, 5) is 25.8. The van der Waals surface area contributed by atoms with E-state index in [1.165, 1.54) is 0 Å². The number of hydrogen-bond acceptors (Lipinski definition) is 3. The Morgan fingerprint density at radius 1 is 1.32 bits per heavy atom. The predicted octanol–water partition coefficient (Wildman–Crippen LogP) is 1.73. The lowest BCUT2D eigenvalue weighted by molar-refractivity contribution is -0.167. The average molecular weight is 303 g/mol. The molecule has 1 unspecified atom stereocenters. The van der Waals surface area contributed by atoms with Gasteiger partial charge in [-0.2, -0.15) is 0 Å². The number of aliphatic carboxylic acids is 1. The van der Waals surface area contributed by atoms with Gasteiger partial charge in [-0.25, -0.2) is 4.79 Å². The van der Waals surface area contributed by atoms with Crippen LogP contribution < -0.4 is 0 Å². The predicted molar refractivity (Wildman–Crippen MR) is 80.6 cm³/mol. The topological polar surface area (TPSA) is 66.8 Å². The quantitative estimate of drug-likeness (QED) is 0.923. The Morgan fingerprint density at radius 3 is 2.64 bits per heavy atom. The van der Waals surface area contributed by atoms with Crippen molar-refractivity contribution in [1.82, 2.24) is 4.90 Å². The molecule has 22 heavy (non-hydrogen) atoms. The van der Waals surface area contributed by atoms with Gasteiger partial charge in [-0.15, -0.1) is 0 Å². The van der Waals surface area contributed by atoms with E-state index >= 15 is 0 Å². The third-order valence-electron chi connectivity index (χ3n) is 4.55. The van der Waals surface area contributed by atoms with E-state index in [1.54, 1.807) is 4.90 Å². The van der Waals surface area contributed by atoms with Gasteiger partial charge in [0.05, 0.1) is 18.1 Å². The molecule has 0 aromatic heterocycles. The molecule has 2 fully saturated rings. The average Bonchev–Trinajstić information content (AvgIpc) is 3.27. The molecule has 1 N–H and O–H groups in total. The van der Waals surface area contributed by atoms with Crippen molar-refractivity contribution >= 4 is 11.9 Å². The van der Waals surface area contributed by atoms with Gasteiger partial charge in [0.1, 0.15) is 0 Å². The van der Waals surface area contributed by atoms with Crippen LogP contribution in [0.15, 0.2) is 24.3 Å². The van der Waals surface area contributed by atoms with E-state index in [4.69, 9.17) is 9.84 Å². The van der Waals surface area contributed by atoms with E-state index < -0.39 is 17.5 Å². The van der Waals surface area contributed by atoms with E-state index in [9.17, 15) is 9.59 Å². The third-order valence-corrected chi connectivity index (χ3v) is 4.55. The molecule has 1 heterocycles. The number of nitrogens with zero attached hydrogens (tertiary/aromatic N) is 1. The smallest absolute Gasteiger partial charge is 0.334 e. The van der Waals surface area contributed by atoms with Crippen LogP contribution in [0, 0.1) is 6.92 Å². The molecule has 1 aliphatic carbocycles. The summed E-state index contributed by atoms with van der Waals surface area (Å²) in [5.41, 5.74) is 1.73. The van der Waals surface area contributed by atoms with Crippen molar-refractivity contribution in [2.24, 2.45) is 0 Å². The van der Waals surface area contributed by atoms with Gasteiger partial charge in [-0.1, -0.05) is 29.8 Å². The monoisotopic (exact) mass is 303 g/mol. The number of carboxylic acid groups (broad SMARTS) is 1. The van der Waals surface area contributed by atoms with Gasteiger partial charge in [-0.05, 0) is 32.3 Å². The van der Waals surface area contributed by atoms with E-state index in [1.807, 2.05) is 32.0 Å². The first kappa shape index (κ1) is 15.0. The highest BCUT2D eigenvalue weighted by Crippen LogP contribution is 2.50. The minimum atomic E-state index is -1.01. The molecule has 1 saturated heterocycles. The fourth-order valence-corrected chi connectivity index (χ4v) is 3.25. The third kappa shape index (κ3) is 2.61. The summed E-state index contributed by atoms with van der Waals surface area (Å²) >= 11 is 0. The maximum absolute atomic E-state index is 13.0. The number of ether oxygens (including phenoxy) is 1. The van der Waals surface area contributed by atoms with Gasteiger partial charge in [-0.3, -0.25) is 4.79 Å². The fourth-order valence-electron chi connectivity index (χ4n) is 3.25. The Labute approximate surface area is 129 Å². The summed E-state index contributed by atoms with van der Waals surface area (Å²) in [6.07, 6.45) is 0.477. The van der Waals surface area contributed by atoms with Crippen LogP contribution in [-0.2, 0) is 19.7 Å². The van der Waals surface area contributed by atoms with Gasteiger partial charge >= 0.3 is 5.97 Å². The zero-order chi connectivity index (χ0) is 15.9. The molecule has 3 rings (SSSR count). The van der Waals surface area contributed by atoms with Crippen LogP contribution in [0.3, 0.4) is 0 Å². The maximum atomic E-state index is 13.0. The van der Waals surface area contributed by atoms with Crippen LogP contribution in [0.25, 0.3) is 0 Å². The number of hydrogen-bond donors (Lipinski definition) is 1. The molecular formula is C17H21NO4. The van der Waals surface area contributed by atoms with Crippen molar-refractivity contribution in [2.45, 2.75) is 44.3 Å². The maximum Gasteiger partial charge on any atom is 0.334 e. The lowest BCUT2D eigenvalue weighted by Crippen LogP contribution is -2.54. The number of carbonyl (C=O) groups is 2. The molecule has 1 saturated carbocycles. The molecule has 1 aliphatic heterocycles. The highest BCUT2D eigenvalue weighted by molar-refractivity contribution is 5.92. The van der Waals surface area contributed by atoms with Crippen LogP contribution in [0.2, 0.25) is 0 Å². The van der Waals surface area contributed by atoms with Gasteiger partial charge in [0.15, 0.2) is 6.10 Å². The molecule has 1 aromatic carbocycles. The van der Waals surface area contributed by atoms with Crippen LogP contribution >= 0.6 is 0 Å². The molecule has 118 valence electrons. The molecule has 2 aliphatic rings. The minimum Gasteiger partial charge on any atom is -0.479 e. The van der Waals surface area contributed by atoms with Crippen molar-refractivity contribution in [2.75, 3.05) is 13.1 Å². The first-order valence-electron chi connectivity index (χ1n) is 7.67. The number of carbonyl (C=O) groups excluding carboxylic acids is 1. The standard InChI is InChI=1S/C17H21NO4/c1-11-4-3-5-13(8-11)17(6-7-17)16(21)18-9-12(2)22-14(10-18)15(19)20/h3-5,8,12,14H,6-7,9-10H2,1-2H3,(H,19,20)/t12-,14?/m1/s1. The fraction of sp³-hybridized carbons (Fsp3) is 0.529. The number of amides is 1. The number of rotatable bonds is 3. The van der Waals surface area contributed by atoms with Gasteiger partial charge in [0.2, 0.25) is 5.91 Å². The lowest BCUT2D eigenvalue weighted by atomic mass is 9.92. The highest BCUT2D eigenvalue weighted by Gasteiger charge is 2.54. The summed E-state index contributed by atoms with van der Waals surface area (Å²) in [6.45, 7) is 4.41. The second-order valence-electron chi connectivity index (χ2n) is 6.44. The van der Waals surface area contributed by atoms with Gasteiger partial charge < -0.3 is 14.7 Å². The van der Waals surface area contributed by atoms with Gasteiger partial charge in [0.25, 0.3) is 0 Å². The van der Waals surface area contributed by atoms with E-state index in [0.717, 1.165) is 24.0 Å². The zero-order valence-electron chi connectivity index (χ0n) is 12.9. The van der Waals surface area contributed by atoms with Crippen LogP contribution in [0.5, 0.6) is 0 Å². The van der Waals surface area contributed by atoms with Gasteiger partial charge in [0, 0.05) is 6.54 Å². The first-order chi connectivity index (χ1) is 10.4. The van der Waals surface area contributed by atoms with Crippen LogP contribution in [-0.4, -0.2) is 47.2 Å². The minimum absolute atomic E-state index is 0.0412. The first-order valence-corrected chi connectivity index (χ1v) is 7.67. The lowest BCUT2D eigenvalue weighted by Gasteiger charge is -2.37. The van der Waals surface area contributed by atoms with E-state index in [2.05, 4.69) is 6.07 Å². The summed E-state index contributed by atoms with van der Waals surface area (Å²) in [5, 5.41) is 9.16. The zero-order valence-corrected chi connectivity index (χ0v) is 12.9. The van der Waals surface area contributed by atoms with Crippen molar-refractivity contribution < 1.29 is 19.4 Å². The molecule has 5 heteroatoms. The van der Waals surface area contributed by atoms with E-state index in [0.29, 0.717) is 6.54 Å². The highest BCUT2D eigenvalue weighted by atomic mass is 16.5. The van der Waals surface area contributed by atoms with Crippen molar-refractivity contribution in [3.05, 3.63) is 35.4 Å². The molecule has 2 atom stereocenters. The number of aryl methyl sites for hydroxylation is 1. The summed E-state index contributed by atoms with van der Waals surface area (Å²) in [7, 11) is 0. The molecule has 1 aromatic rings. The molecule has 5 nitrogen and oxygen atoms in total. The molecule has 0 bridgehead atoms. The van der Waals surface area contributed by atoms with Crippen molar-refractivity contribution in [1.29, 1.82) is 0 Å². The normalized spacial score (nSPS) is 26.5. The Morgan fingerprint density at radius 2 is 2.05 bits per heavy atom. The largest absolute Gasteiger partial charge is 0.479 e. The van der Waals surface area contributed by atoms with Crippen molar-refractivity contribution in [3.8, 4) is 0 Å². The Bertz CT molecular complexity index is 608. The second-order valence-corrected chi connectivity index (χ2v) is 6.44. The summed E-state index contributed by atoms with van der Waals surface area (Å²) < 4.78 is 5.39. The SMILES string of the molecule is Cc1cccc(C2(C(=O)N3CC(C(=O)O)O[C@H](C)C3)CC2)c1. The molecule has 0 radical (unpaired) electrons. The Hall–Kier alpha value is -1.88. The molecule has 0 spiro atoms. The van der Waals surface area contributed by atoms with Crippen LogP contribution in [0.1, 0.15) is 30.9 Å². The number of carboxylic acids is 1. The Kier molecular flexibility index (Phi) is 3.68. The molecule has 1 amide bonds. The number of benzene rings is 1. The van der Waals surface area contributed by atoms with E-state index in [-0.39, 0.29) is 18.6 Å². The summed E-state index contributed by atoms with van der Waals surface area (Å²) in [6, 6.07) is 8.04. The van der Waals surface area contributed by atoms with Crippen LogP contribution in [0.4, 0.5) is 0 Å². The molecular weight excluding hydrogens is 282 g/mol. The Balaban J connectivity index is 1.82. The summed E-state index contributed by atoms with van der Waals surface area (Å²) in [5.74, 6) is -0.968. The second kappa shape index (κ2) is 5.39.